The first-order valence-corrected chi connectivity index (χ1v) is 9.51. The van der Waals surface area contributed by atoms with Gasteiger partial charge in [0.25, 0.3) is 0 Å². The molecule has 0 saturated heterocycles. The van der Waals surface area contributed by atoms with E-state index in [9.17, 15) is 23.1 Å². The number of nitrogens with one attached hydrogen (secondary N) is 2. The normalized spacial score (nSPS) is 15.3. The highest BCUT2D eigenvalue weighted by molar-refractivity contribution is 7.98. The molecule has 0 aliphatic carbocycles. The van der Waals surface area contributed by atoms with Gasteiger partial charge in [0.05, 0.1) is 13.2 Å². The molecule has 3 N–H and O–H groups in total. The number of alkyl halides is 3. The minimum Gasteiger partial charge on any atom is -0.468 e. The summed E-state index contributed by atoms with van der Waals surface area (Å²) in [4.78, 5) is 11.7. The summed E-state index contributed by atoms with van der Waals surface area (Å²) in [7, 11) is 1.21. The molecule has 0 radical (unpaired) electrons. The number of hydrogen-bond donors (Lipinski definition) is 3. The minimum absolute atomic E-state index is 0.0328. The second-order valence-electron chi connectivity index (χ2n) is 5.72. The first kappa shape index (κ1) is 22.8. The Morgan fingerprint density at radius 3 is 2.46 bits per heavy atom. The molecule has 0 aliphatic heterocycles. The van der Waals surface area contributed by atoms with Gasteiger partial charge in [0, 0.05) is 13.1 Å². The molecule has 148 valence electrons. The number of aliphatic hydroxyl groups excluding tert-OH is 1. The number of halogens is 3. The zero-order valence-corrected chi connectivity index (χ0v) is 15.6. The summed E-state index contributed by atoms with van der Waals surface area (Å²) >= 11 is 1.51. The zero-order valence-electron chi connectivity index (χ0n) is 14.8. The number of carbonyl (C=O) groups is 1. The Bertz CT molecular complexity index is 532. The van der Waals surface area contributed by atoms with Crippen LogP contribution in [0.4, 0.5) is 13.2 Å². The Morgan fingerprint density at radius 2 is 1.92 bits per heavy atom. The maximum absolute atomic E-state index is 13.3. The fourth-order valence-corrected chi connectivity index (χ4v) is 2.83. The molecular weight excluding hydrogens is 369 g/mol. The SMILES string of the molecule is COC(=O)[C@H](CCSC)NC[C@H](O)[C@@H](NCc1ccccc1)C(F)(F)F. The number of methoxy groups -OCH3 is 1. The molecule has 0 saturated carbocycles. The van der Waals surface area contributed by atoms with E-state index in [-0.39, 0.29) is 13.1 Å². The van der Waals surface area contributed by atoms with E-state index >= 15 is 0 Å². The van der Waals surface area contributed by atoms with Gasteiger partial charge in [0.2, 0.25) is 0 Å². The Balaban J connectivity index is 2.66. The summed E-state index contributed by atoms with van der Waals surface area (Å²) in [6.07, 6.45) is -4.12. The molecule has 1 aromatic rings. The highest BCUT2D eigenvalue weighted by atomic mass is 32.2. The third-order valence-corrected chi connectivity index (χ3v) is 4.42. The second kappa shape index (κ2) is 11.4. The Hall–Kier alpha value is -1.29. The van der Waals surface area contributed by atoms with Gasteiger partial charge < -0.3 is 15.2 Å². The van der Waals surface area contributed by atoms with Gasteiger partial charge in [0.1, 0.15) is 12.1 Å². The average Bonchev–Trinajstić information content (AvgIpc) is 2.61. The van der Waals surface area contributed by atoms with Crippen molar-refractivity contribution in [2.24, 2.45) is 0 Å². The van der Waals surface area contributed by atoms with Crippen LogP contribution in [-0.4, -0.2) is 61.1 Å². The van der Waals surface area contributed by atoms with Crippen molar-refractivity contribution in [1.82, 2.24) is 10.6 Å². The number of carbonyl (C=O) groups excluding carboxylic acids is 1. The Kier molecular flexibility index (Phi) is 10.0. The molecule has 0 spiro atoms. The number of esters is 1. The maximum Gasteiger partial charge on any atom is 0.406 e. The topological polar surface area (TPSA) is 70.6 Å². The van der Waals surface area contributed by atoms with Crippen molar-refractivity contribution in [2.75, 3.05) is 25.7 Å². The number of hydrogen-bond acceptors (Lipinski definition) is 6. The molecular formula is C17H25F3N2O3S. The van der Waals surface area contributed by atoms with Crippen LogP contribution in [0.5, 0.6) is 0 Å². The van der Waals surface area contributed by atoms with Gasteiger partial charge >= 0.3 is 12.1 Å². The van der Waals surface area contributed by atoms with E-state index in [1.807, 2.05) is 6.26 Å². The third-order valence-electron chi connectivity index (χ3n) is 3.78. The van der Waals surface area contributed by atoms with Crippen molar-refractivity contribution in [3.8, 4) is 0 Å². The van der Waals surface area contributed by atoms with E-state index in [1.165, 1.54) is 18.9 Å². The van der Waals surface area contributed by atoms with Crippen LogP contribution in [0, 0.1) is 0 Å². The van der Waals surface area contributed by atoms with Crippen LogP contribution in [0.15, 0.2) is 30.3 Å². The van der Waals surface area contributed by atoms with Crippen LogP contribution in [0.25, 0.3) is 0 Å². The van der Waals surface area contributed by atoms with Gasteiger partial charge in [-0.25, -0.2) is 0 Å². The van der Waals surface area contributed by atoms with Crippen molar-refractivity contribution < 1.29 is 27.8 Å². The highest BCUT2D eigenvalue weighted by Gasteiger charge is 2.44. The summed E-state index contributed by atoms with van der Waals surface area (Å²) in [5.74, 6) is 0.0738. The third kappa shape index (κ3) is 7.94. The summed E-state index contributed by atoms with van der Waals surface area (Å²) in [5.41, 5.74) is 0.675. The van der Waals surface area contributed by atoms with Gasteiger partial charge in [-0.2, -0.15) is 24.9 Å². The lowest BCUT2D eigenvalue weighted by Crippen LogP contribution is -2.55. The monoisotopic (exact) mass is 394 g/mol. The van der Waals surface area contributed by atoms with E-state index in [1.54, 1.807) is 30.3 Å². The van der Waals surface area contributed by atoms with Crippen molar-refractivity contribution >= 4 is 17.7 Å². The lowest BCUT2D eigenvalue weighted by atomic mass is 10.1. The van der Waals surface area contributed by atoms with Crippen molar-refractivity contribution in [1.29, 1.82) is 0 Å². The largest absolute Gasteiger partial charge is 0.468 e. The zero-order chi connectivity index (χ0) is 19.6. The standard InChI is InChI=1S/C17H25F3N2O3S/c1-25-16(24)13(8-9-26-2)21-11-14(23)15(17(18,19)20)22-10-12-6-4-3-5-7-12/h3-7,13-15,21-23H,8-11H2,1-2H3/t13-,14-,15+/m0/s1. The van der Waals surface area contributed by atoms with E-state index < -0.39 is 30.3 Å². The first-order valence-electron chi connectivity index (χ1n) is 8.11. The minimum atomic E-state index is -4.63. The molecule has 0 fully saturated rings. The number of aliphatic hydroxyl groups is 1. The summed E-state index contributed by atoms with van der Waals surface area (Å²) in [5, 5.41) is 15.1. The van der Waals surface area contributed by atoms with Crippen LogP contribution < -0.4 is 10.6 Å². The van der Waals surface area contributed by atoms with Crippen LogP contribution in [-0.2, 0) is 16.1 Å². The predicted molar refractivity (Wildman–Crippen MR) is 95.9 cm³/mol. The van der Waals surface area contributed by atoms with E-state index in [2.05, 4.69) is 15.4 Å². The van der Waals surface area contributed by atoms with Gasteiger partial charge in [0.15, 0.2) is 0 Å². The molecule has 5 nitrogen and oxygen atoms in total. The lowest BCUT2D eigenvalue weighted by Gasteiger charge is -2.28. The van der Waals surface area contributed by atoms with Gasteiger partial charge in [-0.15, -0.1) is 0 Å². The molecule has 0 aliphatic rings. The van der Waals surface area contributed by atoms with Gasteiger partial charge in [-0.1, -0.05) is 30.3 Å². The summed E-state index contributed by atoms with van der Waals surface area (Å²) < 4.78 is 44.5. The second-order valence-corrected chi connectivity index (χ2v) is 6.70. The van der Waals surface area contributed by atoms with Gasteiger partial charge in [-0.3, -0.25) is 10.1 Å². The van der Waals surface area contributed by atoms with E-state index in [0.29, 0.717) is 17.7 Å². The molecule has 1 rings (SSSR count). The Morgan fingerprint density at radius 1 is 1.27 bits per heavy atom. The Labute approximate surface area is 155 Å². The lowest BCUT2D eigenvalue weighted by molar-refractivity contribution is -0.178. The first-order chi connectivity index (χ1) is 12.3. The van der Waals surface area contributed by atoms with Crippen LogP contribution in [0.3, 0.4) is 0 Å². The molecule has 9 heteroatoms. The molecule has 0 heterocycles. The fraction of sp³-hybridized carbons (Fsp3) is 0.588. The van der Waals surface area contributed by atoms with E-state index in [0.717, 1.165) is 0 Å². The van der Waals surface area contributed by atoms with Crippen LogP contribution in [0.1, 0.15) is 12.0 Å². The molecule has 1 aromatic carbocycles. The van der Waals surface area contributed by atoms with Crippen molar-refractivity contribution in [3.63, 3.8) is 0 Å². The molecule has 26 heavy (non-hydrogen) atoms. The predicted octanol–water partition coefficient (Wildman–Crippen LogP) is 1.95. The van der Waals surface area contributed by atoms with Crippen molar-refractivity contribution in [2.45, 2.75) is 37.3 Å². The maximum atomic E-state index is 13.3. The molecule has 0 unspecified atom stereocenters. The average molecular weight is 394 g/mol. The number of rotatable bonds is 11. The number of benzene rings is 1. The molecule has 0 bridgehead atoms. The smallest absolute Gasteiger partial charge is 0.406 e. The fourth-order valence-electron chi connectivity index (χ4n) is 2.36. The van der Waals surface area contributed by atoms with Gasteiger partial charge in [-0.05, 0) is 24.0 Å². The summed E-state index contributed by atoms with van der Waals surface area (Å²) in [6, 6.07) is 5.74. The molecule has 3 atom stereocenters. The quantitative estimate of drug-likeness (QED) is 0.499. The van der Waals surface area contributed by atoms with Crippen molar-refractivity contribution in [3.05, 3.63) is 35.9 Å². The molecule has 0 amide bonds. The van der Waals surface area contributed by atoms with Crippen LogP contribution >= 0.6 is 11.8 Å². The highest BCUT2D eigenvalue weighted by Crippen LogP contribution is 2.23. The summed E-state index contributed by atoms with van der Waals surface area (Å²) in [6.45, 7) is -0.422. The number of thioether (sulfide) groups is 1. The molecule has 0 aromatic heterocycles. The number of ether oxygens (including phenoxy) is 1. The van der Waals surface area contributed by atoms with E-state index in [4.69, 9.17) is 0 Å². The van der Waals surface area contributed by atoms with Crippen LogP contribution in [0.2, 0.25) is 0 Å².